The zero-order valence-corrected chi connectivity index (χ0v) is 12.7. The van der Waals surface area contributed by atoms with E-state index in [-0.39, 0.29) is 17.7 Å². The minimum absolute atomic E-state index is 0.0212. The highest BCUT2D eigenvalue weighted by atomic mass is 16.4. The Kier molecular flexibility index (Phi) is 3.67. The molecule has 23 heavy (non-hydrogen) atoms. The van der Waals surface area contributed by atoms with E-state index in [9.17, 15) is 19.5 Å². The van der Waals surface area contributed by atoms with Crippen molar-refractivity contribution in [3.05, 3.63) is 41.5 Å². The van der Waals surface area contributed by atoms with Crippen LogP contribution in [0.1, 0.15) is 22.3 Å². The van der Waals surface area contributed by atoms with E-state index in [4.69, 9.17) is 5.73 Å². The smallest absolute Gasteiger partial charge is 0.307 e. The first kappa shape index (κ1) is 15.3. The quantitative estimate of drug-likeness (QED) is 0.732. The molecule has 2 amide bonds. The van der Waals surface area contributed by atoms with Crippen molar-refractivity contribution in [2.45, 2.75) is 13.3 Å². The number of hydrogen-bond acceptors (Lipinski definition) is 3. The number of aryl methyl sites for hydroxylation is 1. The Balaban J connectivity index is 1.79. The van der Waals surface area contributed by atoms with Crippen LogP contribution in [0, 0.1) is 30.6 Å². The van der Waals surface area contributed by atoms with Crippen molar-refractivity contribution in [3.63, 3.8) is 0 Å². The fourth-order valence-corrected chi connectivity index (χ4v) is 3.76. The van der Waals surface area contributed by atoms with E-state index in [0.717, 1.165) is 0 Å². The summed E-state index contributed by atoms with van der Waals surface area (Å²) < 4.78 is 0. The molecule has 1 aromatic rings. The molecule has 1 saturated carbocycles. The monoisotopic (exact) mass is 314 g/mol. The zero-order valence-electron chi connectivity index (χ0n) is 12.7. The van der Waals surface area contributed by atoms with Gasteiger partial charge < -0.3 is 16.2 Å². The molecule has 0 aromatic heterocycles. The molecule has 0 heterocycles. The Morgan fingerprint density at radius 1 is 1.17 bits per heavy atom. The van der Waals surface area contributed by atoms with Crippen LogP contribution in [0.5, 0.6) is 0 Å². The Labute approximate surface area is 133 Å². The predicted molar refractivity (Wildman–Crippen MR) is 83.7 cm³/mol. The summed E-state index contributed by atoms with van der Waals surface area (Å²) in [5.74, 6) is -3.05. The first-order valence-corrected chi connectivity index (χ1v) is 7.51. The normalized spacial score (nSPS) is 27.9. The minimum atomic E-state index is -0.928. The molecule has 2 bridgehead atoms. The van der Waals surface area contributed by atoms with E-state index in [0.29, 0.717) is 23.2 Å². The molecule has 2 aliphatic rings. The van der Waals surface area contributed by atoms with E-state index in [1.54, 1.807) is 25.1 Å². The molecule has 6 heteroatoms. The average molecular weight is 314 g/mol. The number of benzene rings is 1. The summed E-state index contributed by atoms with van der Waals surface area (Å²) >= 11 is 0. The van der Waals surface area contributed by atoms with Crippen LogP contribution in [0.25, 0.3) is 0 Å². The second-order valence-corrected chi connectivity index (χ2v) is 6.22. The van der Waals surface area contributed by atoms with Gasteiger partial charge in [-0.2, -0.15) is 0 Å². The zero-order chi connectivity index (χ0) is 16.7. The number of carboxylic acids is 1. The van der Waals surface area contributed by atoms with Gasteiger partial charge in [0.25, 0.3) is 0 Å². The van der Waals surface area contributed by atoms with Crippen molar-refractivity contribution in [1.82, 2.24) is 0 Å². The lowest BCUT2D eigenvalue weighted by Gasteiger charge is -2.24. The third-order valence-corrected chi connectivity index (χ3v) is 4.81. The highest BCUT2D eigenvalue weighted by molar-refractivity contribution is 5.98. The number of carboxylic acid groups (broad SMARTS) is 1. The van der Waals surface area contributed by atoms with Crippen LogP contribution in [-0.4, -0.2) is 22.9 Å². The van der Waals surface area contributed by atoms with Crippen LogP contribution in [0.3, 0.4) is 0 Å². The van der Waals surface area contributed by atoms with E-state index in [1.165, 1.54) is 0 Å². The number of anilines is 1. The van der Waals surface area contributed by atoms with Crippen molar-refractivity contribution >= 4 is 23.5 Å². The number of aliphatic carboxylic acids is 1. The minimum Gasteiger partial charge on any atom is -0.481 e. The van der Waals surface area contributed by atoms with Gasteiger partial charge in [-0.05, 0) is 48.9 Å². The maximum Gasteiger partial charge on any atom is 0.307 e. The van der Waals surface area contributed by atoms with Gasteiger partial charge in [-0.15, -0.1) is 0 Å². The third-order valence-electron chi connectivity index (χ3n) is 4.81. The first-order chi connectivity index (χ1) is 10.9. The van der Waals surface area contributed by atoms with Crippen LogP contribution in [0.15, 0.2) is 30.4 Å². The van der Waals surface area contributed by atoms with Gasteiger partial charge in [0.1, 0.15) is 0 Å². The second kappa shape index (κ2) is 5.53. The number of primary amides is 1. The summed E-state index contributed by atoms with van der Waals surface area (Å²) in [7, 11) is 0. The molecule has 120 valence electrons. The molecular formula is C17H18N2O4. The van der Waals surface area contributed by atoms with Crippen molar-refractivity contribution in [1.29, 1.82) is 0 Å². The molecule has 6 nitrogen and oxygen atoms in total. The molecule has 4 unspecified atom stereocenters. The maximum atomic E-state index is 12.5. The van der Waals surface area contributed by atoms with Gasteiger partial charge in [-0.1, -0.05) is 12.2 Å². The number of hydrogen-bond donors (Lipinski definition) is 3. The molecule has 4 N–H and O–H groups in total. The number of nitrogens with two attached hydrogens (primary N) is 1. The van der Waals surface area contributed by atoms with Gasteiger partial charge >= 0.3 is 5.97 Å². The van der Waals surface area contributed by atoms with Crippen LogP contribution in [-0.2, 0) is 9.59 Å². The highest BCUT2D eigenvalue weighted by Gasteiger charge is 2.51. The summed E-state index contributed by atoms with van der Waals surface area (Å²) in [5.41, 5.74) is 6.86. The van der Waals surface area contributed by atoms with Gasteiger partial charge in [0.15, 0.2) is 0 Å². The molecule has 4 atom stereocenters. The lowest BCUT2D eigenvalue weighted by Crippen LogP contribution is -2.36. The third kappa shape index (κ3) is 2.60. The van der Waals surface area contributed by atoms with Crippen molar-refractivity contribution in [2.24, 2.45) is 29.4 Å². The van der Waals surface area contributed by atoms with Crippen LogP contribution < -0.4 is 11.1 Å². The maximum absolute atomic E-state index is 12.5. The Hall–Kier alpha value is -2.63. The van der Waals surface area contributed by atoms with Crippen LogP contribution in [0.2, 0.25) is 0 Å². The van der Waals surface area contributed by atoms with Crippen LogP contribution >= 0.6 is 0 Å². The number of carbonyl (C=O) groups is 3. The van der Waals surface area contributed by atoms with Gasteiger partial charge in [-0.25, -0.2) is 0 Å². The number of fused-ring (bicyclic) bond motifs is 2. The lowest BCUT2D eigenvalue weighted by molar-refractivity contribution is -0.146. The summed E-state index contributed by atoms with van der Waals surface area (Å²) in [5, 5.41) is 12.2. The Morgan fingerprint density at radius 2 is 1.83 bits per heavy atom. The van der Waals surface area contributed by atoms with Gasteiger partial charge in [0, 0.05) is 11.3 Å². The molecule has 0 aliphatic heterocycles. The Morgan fingerprint density at radius 3 is 2.39 bits per heavy atom. The summed E-state index contributed by atoms with van der Waals surface area (Å²) in [6, 6.07) is 4.82. The SMILES string of the molecule is Cc1cc(NC(=O)C2C3C=CC(C3)C2C(=O)O)ccc1C(N)=O. The first-order valence-electron chi connectivity index (χ1n) is 7.51. The Bertz CT molecular complexity index is 725. The number of amides is 2. The number of carbonyl (C=O) groups excluding carboxylic acids is 2. The number of nitrogens with one attached hydrogen (secondary N) is 1. The largest absolute Gasteiger partial charge is 0.481 e. The molecule has 1 aromatic carbocycles. The summed E-state index contributed by atoms with van der Waals surface area (Å²) in [4.78, 5) is 35.2. The van der Waals surface area contributed by atoms with Crippen molar-refractivity contribution in [2.75, 3.05) is 5.32 Å². The number of allylic oxidation sites excluding steroid dienone is 2. The fourth-order valence-electron chi connectivity index (χ4n) is 3.76. The molecule has 1 fully saturated rings. The molecule has 2 aliphatic carbocycles. The summed E-state index contributed by atoms with van der Waals surface area (Å²) in [6.45, 7) is 1.73. The average Bonchev–Trinajstić information content (AvgIpc) is 3.07. The highest BCUT2D eigenvalue weighted by Crippen LogP contribution is 2.48. The van der Waals surface area contributed by atoms with Crippen molar-refractivity contribution in [3.8, 4) is 0 Å². The molecule has 3 rings (SSSR count). The second-order valence-electron chi connectivity index (χ2n) is 6.22. The standard InChI is InChI=1S/C17H18N2O4/c1-8-6-11(4-5-12(8)15(18)20)19-16(21)13-9-2-3-10(7-9)14(13)17(22)23/h2-6,9-10,13-14H,7H2,1H3,(H2,18,20)(H,19,21)(H,22,23). The van der Waals surface area contributed by atoms with Gasteiger partial charge in [0.05, 0.1) is 11.8 Å². The topological polar surface area (TPSA) is 109 Å². The fraction of sp³-hybridized carbons (Fsp3) is 0.353. The van der Waals surface area contributed by atoms with Gasteiger partial charge in [0.2, 0.25) is 11.8 Å². The summed E-state index contributed by atoms with van der Waals surface area (Å²) in [6.07, 6.45) is 4.56. The van der Waals surface area contributed by atoms with E-state index >= 15 is 0 Å². The van der Waals surface area contributed by atoms with Gasteiger partial charge in [-0.3, -0.25) is 14.4 Å². The van der Waals surface area contributed by atoms with Crippen LogP contribution in [0.4, 0.5) is 5.69 Å². The molecule has 0 spiro atoms. The molecule has 0 saturated heterocycles. The predicted octanol–water partition coefficient (Wildman–Crippen LogP) is 1.56. The van der Waals surface area contributed by atoms with Crippen molar-refractivity contribution < 1.29 is 19.5 Å². The van der Waals surface area contributed by atoms with E-state index in [1.807, 2.05) is 12.2 Å². The van der Waals surface area contributed by atoms with E-state index < -0.39 is 23.7 Å². The molecule has 0 radical (unpaired) electrons. The van der Waals surface area contributed by atoms with E-state index in [2.05, 4.69) is 5.32 Å². The number of rotatable bonds is 4. The lowest BCUT2D eigenvalue weighted by atomic mass is 9.82. The molecular weight excluding hydrogens is 296 g/mol.